The first-order valence-electron chi connectivity index (χ1n) is 8.28. The third kappa shape index (κ3) is 4.58. The first-order chi connectivity index (χ1) is 11.5. The first-order valence-corrected chi connectivity index (χ1v) is 10.2. The van der Waals surface area contributed by atoms with Gasteiger partial charge in [0.15, 0.2) is 0 Å². The zero-order chi connectivity index (χ0) is 17.0. The van der Waals surface area contributed by atoms with Crippen LogP contribution in [0.25, 0.3) is 0 Å². The molecule has 0 bridgehead atoms. The van der Waals surface area contributed by atoms with Gasteiger partial charge in [0.2, 0.25) is 10.0 Å². The molecule has 1 aromatic carbocycles. The van der Waals surface area contributed by atoms with Gasteiger partial charge in [-0.25, -0.2) is 8.42 Å². The number of hydrogen-bond acceptors (Lipinski definition) is 4. The lowest BCUT2D eigenvalue weighted by atomic mass is 9.94. The van der Waals surface area contributed by atoms with Gasteiger partial charge in [0.1, 0.15) is 0 Å². The van der Waals surface area contributed by atoms with Crippen LogP contribution in [0.2, 0.25) is 0 Å². The molecule has 2 aromatic rings. The lowest BCUT2D eigenvalue weighted by Crippen LogP contribution is -2.36. The number of hydrogen-bond donors (Lipinski definition) is 2. The minimum atomic E-state index is -3.29. The molecule has 2 heterocycles. The lowest BCUT2D eigenvalue weighted by Gasteiger charge is -2.32. The van der Waals surface area contributed by atoms with Crippen molar-refractivity contribution in [1.29, 1.82) is 0 Å². The highest BCUT2D eigenvalue weighted by molar-refractivity contribution is 7.92. The molecule has 3 rings (SSSR count). The number of sulfonamides is 1. The number of piperidine rings is 1. The quantitative estimate of drug-likeness (QED) is 0.839. The van der Waals surface area contributed by atoms with E-state index in [0.717, 1.165) is 50.8 Å². The highest BCUT2D eigenvalue weighted by Gasteiger charge is 2.25. The minimum absolute atomic E-state index is 0.279. The highest BCUT2D eigenvalue weighted by Crippen LogP contribution is 2.30. The molecule has 1 atom stereocenters. The summed E-state index contributed by atoms with van der Waals surface area (Å²) in [6, 6.07) is 10.5. The van der Waals surface area contributed by atoms with Gasteiger partial charge in [-0.2, -0.15) is 5.10 Å². The van der Waals surface area contributed by atoms with Crippen LogP contribution in [0, 0.1) is 0 Å². The average molecular weight is 348 g/mol. The Bertz CT molecular complexity index is 758. The van der Waals surface area contributed by atoms with Crippen LogP contribution in [-0.2, 0) is 16.4 Å². The van der Waals surface area contributed by atoms with Crippen LogP contribution in [0.15, 0.2) is 36.5 Å². The van der Waals surface area contributed by atoms with Crippen LogP contribution in [-0.4, -0.2) is 49.4 Å². The average Bonchev–Trinajstić information content (AvgIpc) is 3.00. The normalized spacial score (nSPS) is 19.3. The Balaban J connectivity index is 1.62. The molecule has 0 saturated carbocycles. The van der Waals surface area contributed by atoms with Gasteiger partial charge in [-0.15, -0.1) is 0 Å². The number of benzene rings is 1. The predicted octanol–water partition coefficient (Wildman–Crippen LogP) is 2.20. The van der Waals surface area contributed by atoms with Crippen molar-refractivity contribution in [1.82, 2.24) is 15.1 Å². The number of nitrogens with one attached hydrogen (secondary N) is 2. The monoisotopic (exact) mass is 348 g/mol. The summed E-state index contributed by atoms with van der Waals surface area (Å²) in [6.45, 7) is 3.03. The van der Waals surface area contributed by atoms with E-state index in [9.17, 15) is 8.42 Å². The molecule has 1 aromatic heterocycles. The van der Waals surface area contributed by atoms with Gasteiger partial charge < -0.3 is 4.90 Å². The molecule has 0 radical (unpaired) electrons. The van der Waals surface area contributed by atoms with E-state index in [-0.39, 0.29) is 5.92 Å². The number of nitrogens with zero attached hydrogens (tertiary/aromatic N) is 2. The number of H-pyrrole nitrogens is 1. The number of rotatable bonds is 6. The van der Waals surface area contributed by atoms with Crippen molar-refractivity contribution in [2.24, 2.45) is 0 Å². The first kappa shape index (κ1) is 17.0. The molecule has 0 amide bonds. The van der Waals surface area contributed by atoms with Crippen molar-refractivity contribution in [3.05, 3.63) is 47.8 Å². The van der Waals surface area contributed by atoms with Crippen molar-refractivity contribution in [3.8, 4) is 0 Å². The number of aromatic nitrogens is 2. The maximum Gasteiger partial charge on any atom is 0.229 e. The van der Waals surface area contributed by atoms with Crippen molar-refractivity contribution in [2.75, 3.05) is 30.6 Å². The summed E-state index contributed by atoms with van der Waals surface area (Å²) >= 11 is 0. The van der Waals surface area contributed by atoms with Crippen LogP contribution < -0.4 is 4.72 Å². The van der Waals surface area contributed by atoms with Gasteiger partial charge >= 0.3 is 0 Å². The summed E-state index contributed by atoms with van der Waals surface area (Å²) in [4.78, 5) is 2.45. The molecule has 130 valence electrons. The summed E-state index contributed by atoms with van der Waals surface area (Å²) < 4.78 is 25.5. The van der Waals surface area contributed by atoms with Gasteiger partial charge in [-0.3, -0.25) is 9.82 Å². The van der Waals surface area contributed by atoms with E-state index >= 15 is 0 Å². The second kappa shape index (κ2) is 7.36. The van der Waals surface area contributed by atoms with Crippen molar-refractivity contribution < 1.29 is 8.42 Å². The van der Waals surface area contributed by atoms with Gasteiger partial charge in [0.25, 0.3) is 0 Å². The van der Waals surface area contributed by atoms with Crippen LogP contribution in [0.1, 0.15) is 30.0 Å². The van der Waals surface area contributed by atoms with Crippen LogP contribution in [0.4, 0.5) is 5.69 Å². The second-order valence-corrected chi connectivity index (χ2v) is 8.20. The number of likely N-dealkylation sites (tertiary alicyclic amines) is 1. The van der Waals surface area contributed by atoms with Crippen LogP contribution in [0.5, 0.6) is 0 Å². The van der Waals surface area contributed by atoms with Gasteiger partial charge in [-0.1, -0.05) is 30.3 Å². The molecule has 6 nitrogen and oxygen atoms in total. The molecular weight excluding hydrogens is 324 g/mol. The van der Waals surface area contributed by atoms with Crippen LogP contribution in [0.3, 0.4) is 0 Å². The van der Waals surface area contributed by atoms with Crippen LogP contribution >= 0.6 is 0 Å². The third-order valence-electron chi connectivity index (χ3n) is 4.44. The van der Waals surface area contributed by atoms with Gasteiger partial charge in [0, 0.05) is 19.0 Å². The van der Waals surface area contributed by atoms with E-state index in [1.54, 1.807) is 6.20 Å². The molecule has 7 heteroatoms. The maximum absolute atomic E-state index is 11.5. The van der Waals surface area contributed by atoms with Gasteiger partial charge in [-0.05, 0) is 31.4 Å². The maximum atomic E-state index is 11.5. The van der Waals surface area contributed by atoms with E-state index in [0.29, 0.717) is 5.69 Å². The molecule has 0 aliphatic carbocycles. The van der Waals surface area contributed by atoms with E-state index in [1.807, 2.05) is 6.07 Å². The zero-order valence-electron chi connectivity index (χ0n) is 13.9. The summed E-state index contributed by atoms with van der Waals surface area (Å²) in [6.07, 6.45) is 5.90. The lowest BCUT2D eigenvalue weighted by molar-refractivity contribution is 0.208. The molecule has 24 heavy (non-hydrogen) atoms. The van der Waals surface area contributed by atoms with Crippen molar-refractivity contribution in [3.63, 3.8) is 0 Å². The fourth-order valence-corrected chi connectivity index (χ4v) is 3.88. The summed E-state index contributed by atoms with van der Waals surface area (Å²) in [5.41, 5.74) is 2.82. The molecule has 0 spiro atoms. The molecule has 2 N–H and O–H groups in total. The predicted molar refractivity (Wildman–Crippen MR) is 95.6 cm³/mol. The SMILES string of the molecule is CS(=O)(=O)Nc1cn[nH]c1C1CCCN(CCc2ccccc2)C1. The Hall–Kier alpha value is -1.86. The number of anilines is 1. The zero-order valence-corrected chi connectivity index (χ0v) is 14.7. The standard InChI is InChI=1S/C17H24N4O2S/c1-24(22,23)20-16-12-18-19-17(16)15-8-5-10-21(13-15)11-9-14-6-3-2-4-7-14/h2-4,6-7,12,15,20H,5,8-11,13H2,1H3,(H,18,19). The summed E-state index contributed by atoms with van der Waals surface area (Å²) in [5, 5.41) is 7.02. The van der Waals surface area contributed by atoms with E-state index in [2.05, 4.69) is 44.1 Å². The third-order valence-corrected chi connectivity index (χ3v) is 5.03. The van der Waals surface area contributed by atoms with Crippen molar-refractivity contribution >= 4 is 15.7 Å². The van der Waals surface area contributed by atoms with E-state index in [4.69, 9.17) is 0 Å². The molecule has 1 aliphatic heterocycles. The minimum Gasteiger partial charge on any atom is -0.302 e. The molecule has 1 unspecified atom stereocenters. The molecular formula is C17H24N4O2S. The topological polar surface area (TPSA) is 78.1 Å². The van der Waals surface area contributed by atoms with E-state index < -0.39 is 10.0 Å². The highest BCUT2D eigenvalue weighted by atomic mass is 32.2. The Morgan fingerprint density at radius 2 is 2.12 bits per heavy atom. The van der Waals surface area contributed by atoms with Crippen molar-refractivity contribution in [2.45, 2.75) is 25.2 Å². The van der Waals surface area contributed by atoms with Gasteiger partial charge in [0.05, 0.1) is 23.8 Å². The molecule has 1 aliphatic rings. The van der Waals surface area contributed by atoms with E-state index in [1.165, 1.54) is 5.56 Å². The fourth-order valence-electron chi connectivity index (χ4n) is 3.31. The molecule has 1 fully saturated rings. The Labute approximate surface area is 143 Å². The number of aromatic amines is 1. The Morgan fingerprint density at radius 1 is 1.33 bits per heavy atom. The molecule has 1 saturated heterocycles. The fraction of sp³-hybridized carbons (Fsp3) is 0.471. The summed E-state index contributed by atoms with van der Waals surface area (Å²) in [7, 11) is -3.29. The Kier molecular flexibility index (Phi) is 5.20. The smallest absolute Gasteiger partial charge is 0.229 e. The largest absolute Gasteiger partial charge is 0.302 e. The Morgan fingerprint density at radius 3 is 2.88 bits per heavy atom. The summed E-state index contributed by atoms with van der Waals surface area (Å²) in [5.74, 6) is 0.279. The second-order valence-electron chi connectivity index (χ2n) is 6.45.